The Bertz CT molecular complexity index is 284. The molecule has 0 aromatic rings. The van der Waals surface area contributed by atoms with Crippen LogP contribution < -0.4 is 0 Å². The van der Waals surface area contributed by atoms with Crippen molar-refractivity contribution in [2.24, 2.45) is 9.98 Å². The first-order valence-corrected chi connectivity index (χ1v) is 4.57. The van der Waals surface area contributed by atoms with Gasteiger partial charge in [0.1, 0.15) is 11.9 Å². The Morgan fingerprint density at radius 2 is 2.43 bits per heavy atom. The summed E-state index contributed by atoms with van der Waals surface area (Å²) in [7, 11) is 0. The topological polar surface area (TPSA) is 60.2 Å². The molecule has 1 heterocycles. The smallest absolute Gasteiger partial charge is 0.394 e. The monoisotopic (exact) mass is 198 g/mol. The van der Waals surface area contributed by atoms with Gasteiger partial charge in [0.2, 0.25) is 0 Å². The second-order valence-electron chi connectivity index (χ2n) is 2.95. The van der Waals surface area contributed by atoms with E-state index in [1.807, 2.05) is 6.92 Å². The molecule has 0 saturated heterocycles. The standard InChI is InChI=1S/C9H14N2O3/c1-4-13-9(12)8-11-7(3)10-5-6(2)14-8/h6H,4-5H2,1-3H3. The third kappa shape index (κ3) is 2.83. The molecule has 0 bridgehead atoms. The Labute approximate surface area is 82.8 Å². The maximum absolute atomic E-state index is 11.3. The van der Waals surface area contributed by atoms with Gasteiger partial charge in [0.05, 0.1) is 13.2 Å². The van der Waals surface area contributed by atoms with Gasteiger partial charge in [0, 0.05) is 0 Å². The van der Waals surface area contributed by atoms with E-state index in [1.165, 1.54) is 0 Å². The lowest BCUT2D eigenvalue weighted by Gasteiger charge is -2.10. The maximum Gasteiger partial charge on any atom is 0.394 e. The van der Waals surface area contributed by atoms with Crippen LogP contribution in [0.15, 0.2) is 9.98 Å². The van der Waals surface area contributed by atoms with Crippen LogP contribution in [0, 0.1) is 0 Å². The number of carbonyl (C=O) groups excluding carboxylic acids is 1. The Hall–Kier alpha value is -1.39. The van der Waals surface area contributed by atoms with E-state index < -0.39 is 5.97 Å². The number of amidine groups is 1. The first-order valence-electron chi connectivity index (χ1n) is 4.57. The molecular formula is C9H14N2O3. The minimum atomic E-state index is -0.532. The quantitative estimate of drug-likeness (QED) is 0.616. The third-order valence-corrected chi connectivity index (χ3v) is 1.60. The highest BCUT2D eigenvalue weighted by molar-refractivity contribution is 6.34. The molecule has 0 radical (unpaired) electrons. The lowest BCUT2D eigenvalue weighted by Crippen LogP contribution is -2.25. The van der Waals surface area contributed by atoms with Crippen LogP contribution in [0.5, 0.6) is 0 Å². The second-order valence-corrected chi connectivity index (χ2v) is 2.95. The van der Waals surface area contributed by atoms with E-state index in [4.69, 9.17) is 9.47 Å². The van der Waals surface area contributed by atoms with E-state index in [-0.39, 0.29) is 12.0 Å². The molecule has 1 unspecified atom stereocenters. The number of ether oxygens (including phenoxy) is 2. The molecule has 0 saturated carbocycles. The highest BCUT2D eigenvalue weighted by atomic mass is 16.6. The molecule has 1 aliphatic rings. The fourth-order valence-electron chi connectivity index (χ4n) is 0.984. The Morgan fingerprint density at radius 1 is 1.71 bits per heavy atom. The third-order valence-electron chi connectivity index (χ3n) is 1.60. The summed E-state index contributed by atoms with van der Waals surface area (Å²) < 4.78 is 10.0. The molecule has 5 nitrogen and oxygen atoms in total. The van der Waals surface area contributed by atoms with Crippen molar-refractivity contribution in [3.05, 3.63) is 0 Å². The van der Waals surface area contributed by atoms with Crippen LogP contribution >= 0.6 is 0 Å². The van der Waals surface area contributed by atoms with E-state index in [0.717, 1.165) is 0 Å². The summed E-state index contributed by atoms with van der Waals surface area (Å²) in [5.74, 6) is 0.00584. The van der Waals surface area contributed by atoms with Gasteiger partial charge in [-0.15, -0.1) is 0 Å². The predicted octanol–water partition coefficient (Wildman–Crippen LogP) is 0.785. The van der Waals surface area contributed by atoms with Crippen molar-refractivity contribution >= 4 is 17.7 Å². The highest BCUT2D eigenvalue weighted by Gasteiger charge is 2.20. The van der Waals surface area contributed by atoms with Gasteiger partial charge < -0.3 is 9.47 Å². The normalized spacial score (nSPS) is 21.5. The number of hydrogen-bond acceptors (Lipinski definition) is 5. The van der Waals surface area contributed by atoms with Crippen LogP contribution in [0.3, 0.4) is 0 Å². The summed E-state index contributed by atoms with van der Waals surface area (Å²) in [5.41, 5.74) is 0. The lowest BCUT2D eigenvalue weighted by molar-refractivity contribution is -0.137. The van der Waals surface area contributed by atoms with Gasteiger partial charge in [0.15, 0.2) is 0 Å². The Balaban J connectivity index is 2.76. The number of rotatable bonds is 2. The van der Waals surface area contributed by atoms with Gasteiger partial charge in [0.25, 0.3) is 0 Å². The highest BCUT2D eigenvalue weighted by Crippen LogP contribution is 2.02. The van der Waals surface area contributed by atoms with Gasteiger partial charge in [-0.25, -0.2) is 4.79 Å². The molecule has 0 aromatic heterocycles. The molecule has 14 heavy (non-hydrogen) atoms. The average Bonchev–Trinajstić information content (AvgIpc) is 2.29. The van der Waals surface area contributed by atoms with Crippen molar-refractivity contribution in [2.75, 3.05) is 13.2 Å². The zero-order valence-corrected chi connectivity index (χ0v) is 8.61. The average molecular weight is 198 g/mol. The van der Waals surface area contributed by atoms with Crippen LogP contribution in [-0.4, -0.2) is 37.0 Å². The molecule has 1 aliphatic heterocycles. The molecule has 1 rings (SSSR count). The summed E-state index contributed by atoms with van der Waals surface area (Å²) in [5, 5.41) is 0. The zero-order chi connectivity index (χ0) is 10.6. The summed E-state index contributed by atoms with van der Waals surface area (Å²) >= 11 is 0. The summed E-state index contributed by atoms with van der Waals surface area (Å²) in [6, 6.07) is 0. The molecular weight excluding hydrogens is 184 g/mol. The van der Waals surface area contributed by atoms with Crippen molar-refractivity contribution in [1.29, 1.82) is 0 Å². The number of aliphatic imine (C=N–C) groups is 2. The molecule has 0 amide bonds. The van der Waals surface area contributed by atoms with Crippen molar-refractivity contribution < 1.29 is 14.3 Å². The minimum Gasteiger partial charge on any atom is -0.467 e. The number of esters is 1. The van der Waals surface area contributed by atoms with Gasteiger partial charge in [-0.2, -0.15) is 4.99 Å². The number of carbonyl (C=O) groups is 1. The number of nitrogens with zero attached hydrogens (tertiary/aromatic N) is 2. The molecule has 0 fully saturated rings. The number of hydrogen-bond donors (Lipinski definition) is 0. The van der Waals surface area contributed by atoms with Crippen LogP contribution in [0.4, 0.5) is 0 Å². The minimum absolute atomic E-state index is 0.00176. The van der Waals surface area contributed by atoms with E-state index in [1.54, 1.807) is 13.8 Å². The first kappa shape index (κ1) is 10.7. The van der Waals surface area contributed by atoms with E-state index >= 15 is 0 Å². The maximum atomic E-state index is 11.3. The first-order chi connectivity index (χ1) is 6.63. The lowest BCUT2D eigenvalue weighted by atomic mass is 10.4. The fourth-order valence-corrected chi connectivity index (χ4v) is 0.984. The van der Waals surface area contributed by atoms with Crippen LogP contribution in [0.2, 0.25) is 0 Å². The molecule has 0 aliphatic carbocycles. The van der Waals surface area contributed by atoms with E-state index in [0.29, 0.717) is 19.0 Å². The molecule has 0 spiro atoms. The zero-order valence-electron chi connectivity index (χ0n) is 8.61. The summed E-state index contributed by atoms with van der Waals surface area (Å²) in [4.78, 5) is 19.3. The summed E-state index contributed by atoms with van der Waals surface area (Å²) in [6.45, 7) is 6.11. The molecule has 0 N–H and O–H groups in total. The molecule has 0 aromatic carbocycles. The van der Waals surface area contributed by atoms with Crippen molar-refractivity contribution in [3.8, 4) is 0 Å². The fraction of sp³-hybridized carbons (Fsp3) is 0.667. The van der Waals surface area contributed by atoms with Crippen LogP contribution in [0.1, 0.15) is 20.8 Å². The Kier molecular flexibility index (Phi) is 3.62. The van der Waals surface area contributed by atoms with Crippen molar-refractivity contribution in [1.82, 2.24) is 0 Å². The van der Waals surface area contributed by atoms with Gasteiger partial charge >= 0.3 is 11.9 Å². The van der Waals surface area contributed by atoms with Crippen molar-refractivity contribution in [3.63, 3.8) is 0 Å². The van der Waals surface area contributed by atoms with Gasteiger partial charge in [-0.05, 0) is 20.8 Å². The molecule has 78 valence electrons. The van der Waals surface area contributed by atoms with Crippen LogP contribution in [0.25, 0.3) is 0 Å². The summed E-state index contributed by atoms with van der Waals surface area (Å²) in [6.07, 6.45) is -0.143. The largest absolute Gasteiger partial charge is 0.467 e. The van der Waals surface area contributed by atoms with Crippen molar-refractivity contribution in [2.45, 2.75) is 26.9 Å². The molecule has 1 atom stereocenters. The SMILES string of the molecule is CCOC(=O)C1=NC(C)=NCC(C)O1. The van der Waals surface area contributed by atoms with Crippen LogP contribution in [-0.2, 0) is 14.3 Å². The molecule has 5 heteroatoms. The predicted molar refractivity (Wildman–Crippen MR) is 52.6 cm³/mol. The van der Waals surface area contributed by atoms with Gasteiger partial charge in [-0.1, -0.05) is 0 Å². The van der Waals surface area contributed by atoms with E-state index in [9.17, 15) is 4.79 Å². The second kappa shape index (κ2) is 4.74. The van der Waals surface area contributed by atoms with E-state index in [2.05, 4.69) is 9.98 Å². The Morgan fingerprint density at radius 3 is 3.07 bits per heavy atom. The van der Waals surface area contributed by atoms with Gasteiger partial charge in [-0.3, -0.25) is 4.99 Å².